The highest BCUT2D eigenvalue weighted by Crippen LogP contribution is 2.12. The van der Waals surface area contributed by atoms with Gasteiger partial charge >= 0.3 is 0 Å². The van der Waals surface area contributed by atoms with Crippen molar-refractivity contribution in [2.45, 2.75) is 19.0 Å². The summed E-state index contributed by atoms with van der Waals surface area (Å²) in [6.45, 7) is 0.404. The third kappa shape index (κ3) is 2.18. The van der Waals surface area contributed by atoms with Crippen LogP contribution in [0.3, 0.4) is 0 Å². The Balaban J connectivity index is 1.98. The maximum absolute atomic E-state index is 11.6. The number of hydrogen-bond donors (Lipinski definition) is 1. The van der Waals surface area contributed by atoms with E-state index in [1.807, 2.05) is 0 Å². The van der Waals surface area contributed by atoms with Crippen LogP contribution < -0.4 is 5.32 Å². The number of likely N-dealkylation sites (N-methyl/N-ethyl adjacent to an activating group) is 1. The first-order valence-electron chi connectivity index (χ1n) is 5.20. The first-order valence-corrected chi connectivity index (χ1v) is 5.58. The van der Waals surface area contributed by atoms with Crippen molar-refractivity contribution in [2.75, 3.05) is 7.05 Å². The lowest BCUT2D eigenvalue weighted by Gasteiger charge is -2.10. The fourth-order valence-electron chi connectivity index (χ4n) is 1.72. The van der Waals surface area contributed by atoms with Gasteiger partial charge in [0, 0.05) is 14.1 Å². The molecule has 6 nitrogen and oxygen atoms in total. The second-order valence-corrected chi connectivity index (χ2v) is 4.37. The summed E-state index contributed by atoms with van der Waals surface area (Å²) < 4.78 is 1.72. The van der Waals surface area contributed by atoms with E-state index in [0.29, 0.717) is 11.7 Å². The SMILES string of the molecule is CN1C(=O)CC(NCc2ncc(Cl)n2C)C1=O. The number of amides is 2. The average molecular weight is 257 g/mol. The minimum atomic E-state index is -0.456. The van der Waals surface area contributed by atoms with Crippen LogP contribution in [0.15, 0.2) is 6.20 Å². The molecule has 0 bridgehead atoms. The highest BCUT2D eigenvalue weighted by atomic mass is 35.5. The molecule has 0 radical (unpaired) electrons. The van der Waals surface area contributed by atoms with Crippen molar-refractivity contribution >= 4 is 23.4 Å². The van der Waals surface area contributed by atoms with Gasteiger partial charge in [-0.2, -0.15) is 0 Å². The normalized spacial score (nSPS) is 20.4. The molecule has 0 aliphatic carbocycles. The van der Waals surface area contributed by atoms with Crippen molar-refractivity contribution in [3.05, 3.63) is 17.2 Å². The molecule has 2 amide bonds. The lowest BCUT2D eigenvalue weighted by Crippen LogP contribution is -2.37. The molecule has 2 rings (SSSR count). The number of carbonyl (C=O) groups excluding carboxylic acids is 2. The van der Waals surface area contributed by atoms with Crippen molar-refractivity contribution in [3.63, 3.8) is 0 Å². The van der Waals surface area contributed by atoms with Gasteiger partial charge in [0.2, 0.25) is 11.8 Å². The number of likely N-dealkylation sites (tertiary alicyclic amines) is 1. The number of nitrogens with zero attached hydrogens (tertiary/aromatic N) is 3. The summed E-state index contributed by atoms with van der Waals surface area (Å²) in [5.74, 6) is 0.366. The van der Waals surface area contributed by atoms with E-state index in [0.717, 1.165) is 10.7 Å². The number of imidazole rings is 1. The number of hydrogen-bond acceptors (Lipinski definition) is 4. The van der Waals surface area contributed by atoms with Crippen LogP contribution in [-0.2, 0) is 23.2 Å². The fourth-order valence-corrected chi connectivity index (χ4v) is 1.86. The Kier molecular flexibility index (Phi) is 3.17. The molecule has 92 valence electrons. The maximum atomic E-state index is 11.6. The second kappa shape index (κ2) is 4.46. The topological polar surface area (TPSA) is 67.2 Å². The van der Waals surface area contributed by atoms with E-state index < -0.39 is 6.04 Å². The third-order valence-electron chi connectivity index (χ3n) is 2.92. The van der Waals surface area contributed by atoms with Gasteiger partial charge in [-0.3, -0.25) is 19.8 Å². The zero-order valence-corrected chi connectivity index (χ0v) is 10.4. The Morgan fingerprint density at radius 1 is 1.53 bits per heavy atom. The molecule has 1 fully saturated rings. The molecule has 1 aromatic heterocycles. The minimum Gasteiger partial charge on any atom is -0.321 e. The van der Waals surface area contributed by atoms with E-state index in [9.17, 15) is 9.59 Å². The van der Waals surface area contributed by atoms with Crippen LogP contribution in [0.2, 0.25) is 5.15 Å². The smallest absolute Gasteiger partial charge is 0.246 e. The zero-order valence-electron chi connectivity index (χ0n) is 9.61. The Morgan fingerprint density at radius 3 is 2.71 bits per heavy atom. The first kappa shape index (κ1) is 12.1. The van der Waals surface area contributed by atoms with Crippen LogP contribution in [0.4, 0.5) is 0 Å². The summed E-state index contributed by atoms with van der Waals surface area (Å²) in [5.41, 5.74) is 0. The van der Waals surface area contributed by atoms with Gasteiger partial charge in [0.1, 0.15) is 11.0 Å². The number of nitrogens with one attached hydrogen (secondary N) is 1. The summed E-state index contributed by atoms with van der Waals surface area (Å²) in [5, 5.41) is 3.54. The molecule has 1 aliphatic heterocycles. The minimum absolute atomic E-state index is 0.162. The largest absolute Gasteiger partial charge is 0.321 e. The lowest BCUT2D eigenvalue weighted by atomic mass is 10.2. The van der Waals surface area contributed by atoms with Crippen LogP contribution >= 0.6 is 11.6 Å². The first-order chi connectivity index (χ1) is 8.00. The Bertz CT molecular complexity index is 471. The Morgan fingerprint density at radius 2 is 2.24 bits per heavy atom. The summed E-state index contributed by atoms with van der Waals surface area (Å²) in [6.07, 6.45) is 1.75. The average Bonchev–Trinajstić information content (AvgIpc) is 2.74. The van der Waals surface area contributed by atoms with Crippen LogP contribution in [0.5, 0.6) is 0 Å². The number of halogens is 1. The molecule has 7 heteroatoms. The molecular weight excluding hydrogens is 244 g/mol. The van der Waals surface area contributed by atoms with Gasteiger partial charge in [0.25, 0.3) is 0 Å². The standard InChI is InChI=1S/C10H13ClN4O2/c1-14-7(11)4-13-8(14)5-12-6-3-9(16)15(2)10(6)17/h4,6,12H,3,5H2,1-2H3. The van der Waals surface area contributed by atoms with E-state index in [4.69, 9.17) is 11.6 Å². The van der Waals surface area contributed by atoms with Crippen LogP contribution in [0, 0.1) is 0 Å². The lowest BCUT2D eigenvalue weighted by molar-refractivity contribution is -0.137. The summed E-state index contributed by atoms with van der Waals surface area (Å²) in [6, 6.07) is -0.456. The fraction of sp³-hybridized carbons (Fsp3) is 0.500. The molecule has 1 N–H and O–H groups in total. The molecule has 0 aromatic carbocycles. The van der Waals surface area contributed by atoms with Crippen molar-refractivity contribution in [1.29, 1.82) is 0 Å². The summed E-state index contributed by atoms with van der Waals surface area (Å²) >= 11 is 5.84. The quantitative estimate of drug-likeness (QED) is 0.769. The van der Waals surface area contributed by atoms with E-state index in [2.05, 4.69) is 10.3 Å². The molecule has 1 aliphatic rings. The van der Waals surface area contributed by atoms with Gasteiger partial charge in [0.15, 0.2) is 0 Å². The summed E-state index contributed by atoms with van der Waals surface area (Å²) in [7, 11) is 3.28. The Labute approximate surface area is 104 Å². The number of rotatable bonds is 3. The third-order valence-corrected chi connectivity index (χ3v) is 3.27. The molecular formula is C10H13ClN4O2. The van der Waals surface area contributed by atoms with Gasteiger partial charge < -0.3 is 4.57 Å². The van der Waals surface area contributed by atoms with Gasteiger partial charge in [-0.1, -0.05) is 11.6 Å². The zero-order chi connectivity index (χ0) is 12.6. The second-order valence-electron chi connectivity index (χ2n) is 3.98. The molecule has 1 aromatic rings. The number of imide groups is 1. The number of carbonyl (C=O) groups is 2. The molecule has 0 saturated carbocycles. The van der Waals surface area contributed by atoms with Gasteiger partial charge in [0.05, 0.1) is 25.2 Å². The van der Waals surface area contributed by atoms with Crippen LogP contribution in [0.25, 0.3) is 0 Å². The predicted octanol–water partition coefficient (Wildman–Crippen LogP) is -0.0796. The maximum Gasteiger partial charge on any atom is 0.246 e. The van der Waals surface area contributed by atoms with Gasteiger partial charge in [-0.05, 0) is 0 Å². The van der Waals surface area contributed by atoms with Gasteiger partial charge in [-0.25, -0.2) is 4.98 Å². The molecule has 17 heavy (non-hydrogen) atoms. The van der Waals surface area contributed by atoms with E-state index >= 15 is 0 Å². The molecule has 1 atom stereocenters. The van der Waals surface area contributed by atoms with Crippen LogP contribution in [0.1, 0.15) is 12.2 Å². The van der Waals surface area contributed by atoms with Crippen molar-refractivity contribution in [3.8, 4) is 0 Å². The Hall–Kier alpha value is -1.40. The van der Waals surface area contributed by atoms with Crippen molar-refractivity contribution in [2.24, 2.45) is 7.05 Å². The number of aromatic nitrogens is 2. The van der Waals surface area contributed by atoms with Crippen molar-refractivity contribution < 1.29 is 9.59 Å². The van der Waals surface area contributed by atoms with Crippen molar-refractivity contribution in [1.82, 2.24) is 19.8 Å². The molecule has 1 saturated heterocycles. The van der Waals surface area contributed by atoms with E-state index in [1.54, 1.807) is 17.8 Å². The highest BCUT2D eigenvalue weighted by molar-refractivity contribution is 6.29. The molecule has 1 unspecified atom stereocenters. The van der Waals surface area contributed by atoms with E-state index in [-0.39, 0.29) is 18.2 Å². The van der Waals surface area contributed by atoms with Gasteiger partial charge in [-0.15, -0.1) is 0 Å². The van der Waals surface area contributed by atoms with Crippen LogP contribution in [-0.4, -0.2) is 39.4 Å². The molecule has 0 spiro atoms. The molecule has 2 heterocycles. The predicted molar refractivity (Wildman–Crippen MR) is 61.2 cm³/mol. The summed E-state index contributed by atoms with van der Waals surface area (Å²) in [4.78, 5) is 28.2. The highest BCUT2D eigenvalue weighted by Gasteiger charge is 2.35. The van der Waals surface area contributed by atoms with E-state index in [1.165, 1.54) is 7.05 Å². The monoisotopic (exact) mass is 256 g/mol.